The van der Waals surface area contributed by atoms with Gasteiger partial charge < -0.3 is 9.88 Å². The summed E-state index contributed by atoms with van der Waals surface area (Å²) in [6.07, 6.45) is 2.10. The van der Waals surface area contributed by atoms with Gasteiger partial charge in [0.2, 0.25) is 0 Å². The number of amides is 1. The number of hydrogen-bond acceptors (Lipinski definition) is 3. The van der Waals surface area contributed by atoms with Crippen LogP contribution in [0.5, 0.6) is 0 Å². The smallest absolute Gasteiger partial charge is 0.259 e. The van der Waals surface area contributed by atoms with Crippen molar-refractivity contribution in [3.05, 3.63) is 38.9 Å². The van der Waals surface area contributed by atoms with Crippen molar-refractivity contribution in [2.45, 2.75) is 32.7 Å². The number of fused-ring (bicyclic) bond motifs is 1. The molecule has 1 fully saturated rings. The molecule has 1 aliphatic rings. The second kappa shape index (κ2) is 5.68. The Hall–Kier alpha value is -1.95. The second-order valence-electron chi connectivity index (χ2n) is 6.12. The summed E-state index contributed by atoms with van der Waals surface area (Å²) in [4.78, 5) is 32.1. The normalized spacial score (nSPS) is 18.3. The van der Waals surface area contributed by atoms with E-state index in [2.05, 4.69) is 23.8 Å². The number of aromatic nitrogens is 2. The Morgan fingerprint density at radius 1 is 1.36 bits per heavy atom. The van der Waals surface area contributed by atoms with Crippen LogP contribution in [0.3, 0.4) is 0 Å². The highest BCUT2D eigenvalue weighted by atomic mass is 32.1. The Morgan fingerprint density at radius 3 is 2.86 bits per heavy atom. The van der Waals surface area contributed by atoms with Crippen molar-refractivity contribution in [1.82, 2.24) is 14.9 Å². The summed E-state index contributed by atoms with van der Waals surface area (Å²) in [5.41, 5.74) is 0.954. The average Bonchev–Trinajstić information content (AvgIpc) is 2.95. The third kappa shape index (κ3) is 2.59. The highest BCUT2D eigenvalue weighted by molar-refractivity contribution is 7.71. The maximum absolute atomic E-state index is 12.8. The second-order valence-corrected chi connectivity index (χ2v) is 6.53. The van der Waals surface area contributed by atoms with Gasteiger partial charge in [0.1, 0.15) is 0 Å². The highest BCUT2D eigenvalue weighted by Crippen LogP contribution is 2.26. The van der Waals surface area contributed by atoms with Crippen molar-refractivity contribution >= 4 is 29.0 Å². The van der Waals surface area contributed by atoms with Gasteiger partial charge in [-0.2, -0.15) is 0 Å². The molecule has 0 aliphatic carbocycles. The first-order chi connectivity index (χ1) is 10.5. The van der Waals surface area contributed by atoms with Crippen molar-refractivity contribution < 1.29 is 4.79 Å². The first kappa shape index (κ1) is 15.0. The van der Waals surface area contributed by atoms with Gasteiger partial charge >= 0.3 is 0 Å². The lowest BCUT2D eigenvalue weighted by Crippen LogP contribution is -2.38. The number of benzene rings is 1. The van der Waals surface area contributed by atoms with Crippen molar-refractivity contribution in [2.24, 2.45) is 5.92 Å². The van der Waals surface area contributed by atoms with E-state index in [1.165, 1.54) is 0 Å². The van der Waals surface area contributed by atoms with Crippen LogP contribution in [0.15, 0.2) is 23.0 Å². The van der Waals surface area contributed by atoms with Crippen LogP contribution in [0.2, 0.25) is 0 Å². The van der Waals surface area contributed by atoms with Crippen LogP contribution in [0, 0.1) is 10.7 Å². The zero-order chi connectivity index (χ0) is 15.9. The fourth-order valence-corrected chi connectivity index (χ4v) is 3.41. The summed E-state index contributed by atoms with van der Waals surface area (Å²) >= 11 is 4.99. The summed E-state index contributed by atoms with van der Waals surface area (Å²) in [6.45, 7) is 5.09. The molecule has 0 spiro atoms. The van der Waals surface area contributed by atoms with E-state index in [4.69, 9.17) is 12.2 Å². The van der Waals surface area contributed by atoms with Gasteiger partial charge in [0.05, 0.1) is 10.9 Å². The maximum atomic E-state index is 12.8. The van der Waals surface area contributed by atoms with E-state index in [0.717, 1.165) is 19.4 Å². The van der Waals surface area contributed by atoms with Gasteiger partial charge in [-0.1, -0.05) is 13.8 Å². The Bertz CT molecular complexity index is 837. The van der Waals surface area contributed by atoms with Crippen LogP contribution >= 0.6 is 12.2 Å². The lowest BCUT2D eigenvalue weighted by Gasteiger charge is -2.27. The van der Waals surface area contributed by atoms with Gasteiger partial charge in [0.25, 0.3) is 11.5 Å². The van der Waals surface area contributed by atoms with Crippen molar-refractivity contribution in [3.63, 3.8) is 0 Å². The van der Waals surface area contributed by atoms with E-state index >= 15 is 0 Å². The molecule has 0 radical (unpaired) electrons. The van der Waals surface area contributed by atoms with E-state index < -0.39 is 0 Å². The molecule has 1 aromatic heterocycles. The largest absolute Gasteiger partial charge is 0.335 e. The van der Waals surface area contributed by atoms with E-state index in [0.29, 0.717) is 28.4 Å². The van der Waals surface area contributed by atoms with Gasteiger partial charge in [0, 0.05) is 18.2 Å². The zero-order valence-electron chi connectivity index (χ0n) is 12.7. The third-order valence-corrected chi connectivity index (χ3v) is 4.52. The first-order valence-electron chi connectivity index (χ1n) is 7.54. The van der Waals surface area contributed by atoms with Gasteiger partial charge in [-0.3, -0.25) is 14.6 Å². The standard InChI is InChI=1S/C16H19N3O2S/c1-9(2)13-4-3-7-19(13)15(21)10-5-6-11-12(8-10)17-16(22)18-14(11)20/h5-6,8-9,13H,3-4,7H2,1-2H3,(H2,17,18,20,22). The zero-order valence-corrected chi connectivity index (χ0v) is 13.5. The molecular weight excluding hydrogens is 298 g/mol. The van der Waals surface area contributed by atoms with Crippen molar-refractivity contribution in [1.29, 1.82) is 0 Å². The van der Waals surface area contributed by atoms with E-state index in [9.17, 15) is 9.59 Å². The minimum absolute atomic E-state index is 0.0256. The molecular formula is C16H19N3O2S. The predicted octanol–water partition coefficient (Wildman–Crippen LogP) is 2.85. The van der Waals surface area contributed by atoms with Gasteiger partial charge in [-0.15, -0.1) is 0 Å². The fourth-order valence-electron chi connectivity index (χ4n) is 3.21. The first-order valence-corrected chi connectivity index (χ1v) is 7.95. The number of hydrogen-bond donors (Lipinski definition) is 2. The Balaban J connectivity index is 2.01. The lowest BCUT2D eigenvalue weighted by molar-refractivity contribution is 0.0701. The van der Waals surface area contributed by atoms with Crippen LogP contribution in [0.25, 0.3) is 10.9 Å². The van der Waals surface area contributed by atoms with Crippen LogP contribution in [-0.2, 0) is 0 Å². The molecule has 6 heteroatoms. The minimum Gasteiger partial charge on any atom is -0.335 e. The number of H-pyrrole nitrogens is 2. The number of carbonyl (C=O) groups is 1. The third-order valence-electron chi connectivity index (χ3n) is 4.32. The van der Waals surface area contributed by atoms with Crippen molar-refractivity contribution in [3.8, 4) is 0 Å². The molecule has 1 amide bonds. The lowest BCUT2D eigenvalue weighted by atomic mass is 10.0. The molecule has 0 bridgehead atoms. The number of likely N-dealkylation sites (tertiary alicyclic amines) is 1. The van der Waals surface area contributed by atoms with E-state index in [1.807, 2.05) is 4.90 Å². The van der Waals surface area contributed by atoms with Crippen LogP contribution in [-0.4, -0.2) is 33.4 Å². The fraction of sp³-hybridized carbons (Fsp3) is 0.438. The van der Waals surface area contributed by atoms with Crippen LogP contribution < -0.4 is 5.56 Å². The Labute approximate surface area is 133 Å². The van der Waals surface area contributed by atoms with E-state index in [1.54, 1.807) is 18.2 Å². The molecule has 116 valence electrons. The average molecular weight is 317 g/mol. The topological polar surface area (TPSA) is 69.0 Å². The molecule has 1 aromatic carbocycles. The van der Waals surface area contributed by atoms with Gasteiger partial charge in [0.15, 0.2) is 4.77 Å². The predicted molar refractivity (Wildman–Crippen MR) is 88.6 cm³/mol. The molecule has 1 saturated heterocycles. The number of rotatable bonds is 2. The number of nitrogens with one attached hydrogen (secondary N) is 2. The molecule has 2 aromatic rings. The number of nitrogens with zero attached hydrogens (tertiary/aromatic N) is 1. The quantitative estimate of drug-likeness (QED) is 0.837. The SMILES string of the molecule is CC(C)C1CCCN1C(=O)c1ccc2c(=O)[nH]c(=S)[nH]c2c1. The summed E-state index contributed by atoms with van der Waals surface area (Å²) in [6, 6.07) is 5.40. The molecule has 2 heterocycles. The maximum Gasteiger partial charge on any atom is 0.259 e. The molecule has 22 heavy (non-hydrogen) atoms. The molecule has 1 aliphatic heterocycles. The van der Waals surface area contributed by atoms with Crippen molar-refractivity contribution in [2.75, 3.05) is 6.54 Å². The molecule has 5 nitrogen and oxygen atoms in total. The molecule has 1 atom stereocenters. The van der Waals surface area contributed by atoms with Gasteiger partial charge in [-0.25, -0.2) is 0 Å². The molecule has 3 rings (SSSR count). The summed E-state index contributed by atoms with van der Waals surface area (Å²) in [5.74, 6) is 0.471. The minimum atomic E-state index is -0.237. The summed E-state index contributed by atoms with van der Waals surface area (Å²) in [7, 11) is 0. The monoisotopic (exact) mass is 317 g/mol. The van der Waals surface area contributed by atoms with Crippen LogP contribution in [0.4, 0.5) is 0 Å². The van der Waals surface area contributed by atoms with E-state index in [-0.39, 0.29) is 16.2 Å². The number of carbonyl (C=O) groups excluding carboxylic acids is 1. The van der Waals surface area contributed by atoms with Crippen LogP contribution in [0.1, 0.15) is 37.0 Å². The molecule has 0 saturated carbocycles. The summed E-state index contributed by atoms with van der Waals surface area (Å²) in [5, 5.41) is 0.506. The highest BCUT2D eigenvalue weighted by Gasteiger charge is 2.31. The Morgan fingerprint density at radius 2 is 2.14 bits per heavy atom. The summed E-state index contributed by atoms with van der Waals surface area (Å²) < 4.78 is 0.267. The molecule has 2 N–H and O–H groups in total. The molecule has 1 unspecified atom stereocenters. The van der Waals surface area contributed by atoms with Gasteiger partial charge in [-0.05, 0) is 49.2 Å². The Kier molecular flexibility index (Phi) is 3.87. The number of aromatic amines is 2.